The van der Waals surface area contributed by atoms with Crippen LogP contribution in [0.25, 0.3) is 0 Å². The number of halogens is 1. The minimum Gasteiger partial charge on any atom is -0.337 e. The van der Waals surface area contributed by atoms with Gasteiger partial charge in [-0.15, -0.1) is 0 Å². The predicted molar refractivity (Wildman–Crippen MR) is 72.3 cm³/mol. The molecule has 0 saturated heterocycles. The Bertz CT molecular complexity index is 463. The topological polar surface area (TPSA) is 33.2 Å². The molecule has 1 aliphatic carbocycles. The first-order valence-corrected chi connectivity index (χ1v) is 6.79. The third-order valence-corrected chi connectivity index (χ3v) is 4.11. The highest BCUT2D eigenvalue weighted by Crippen LogP contribution is 2.36. The highest BCUT2D eigenvalue weighted by atomic mass is 19.1. The number of carbonyl (C=O) groups excluding carboxylic acids is 1. The molecule has 1 saturated carbocycles. The minimum atomic E-state index is -0.607. The fraction of sp³-hybridized carbons (Fsp3) is 0.600. The van der Waals surface area contributed by atoms with Crippen molar-refractivity contribution in [3.05, 3.63) is 29.8 Å². The van der Waals surface area contributed by atoms with Crippen LogP contribution < -0.4 is 0 Å². The van der Waals surface area contributed by atoms with Crippen molar-refractivity contribution in [1.82, 2.24) is 9.88 Å². The number of nitrogens with zero attached hydrogens (tertiary/aromatic N) is 2. The lowest BCUT2D eigenvalue weighted by molar-refractivity contribution is 0.0628. The van der Waals surface area contributed by atoms with Crippen LogP contribution in [0.4, 0.5) is 4.39 Å². The molecule has 1 aromatic heterocycles. The van der Waals surface area contributed by atoms with Gasteiger partial charge in [0.25, 0.3) is 5.91 Å². The van der Waals surface area contributed by atoms with Crippen molar-refractivity contribution in [1.29, 1.82) is 0 Å². The summed E-state index contributed by atoms with van der Waals surface area (Å²) in [6, 6.07) is 4.58. The highest BCUT2D eigenvalue weighted by Gasteiger charge is 2.31. The van der Waals surface area contributed by atoms with Crippen molar-refractivity contribution in [3.8, 4) is 0 Å². The summed E-state index contributed by atoms with van der Waals surface area (Å²) < 4.78 is 13.1. The molecule has 1 aromatic rings. The largest absolute Gasteiger partial charge is 0.337 e. The SMILES string of the molecule is CN(C(=O)c1cccc(F)n1)C1CCC(C)(C)CC1. The first-order valence-electron chi connectivity index (χ1n) is 6.79. The van der Waals surface area contributed by atoms with E-state index in [9.17, 15) is 9.18 Å². The van der Waals surface area contributed by atoms with Crippen LogP contribution in [0.5, 0.6) is 0 Å². The average molecular weight is 264 g/mol. The summed E-state index contributed by atoms with van der Waals surface area (Å²) in [4.78, 5) is 17.6. The van der Waals surface area contributed by atoms with Crippen molar-refractivity contribution in [2.75, 3.05) is 7.05 Å². The molecule has 1 aliphatic rings. The maximum atomic E-state index is 13.1. The van der Waals surface area contributed by atoms with E-state index in [0.29, 0.717) is 5.41 Å². The van der Waals surface area contributed by atoms with Gasteiger partial charge in [-0.2, -0.15) is 4.39 Å². The van der Waals surface area contributed by atoms with Gasteiger partial charge in [0, 0.05) is 13.1 Å². The standard InChI is InChI=1S/C15H21FN2O/c1-15(2)9-7-11(8-10-15)18(3)14(19)12-5-4-6-13(16)17-12/h4-6,11H,7-10H2,1-3H3. The summed E-state index contributed by atoms with van der Waals surface area (Å²) in [5.41, 5.74) is 0.560. The second-order valence-corrected chi connectivity index (χ2v) is 6.16. The summed E-state index contributed by atoms with van der Waals surface area (Å²) in [6.45, 7) is 4.53. The summed E-state index contributed by atoms with van der Waals surface area (Å²) >= 11 is 0. The number of carbonyl (C=O) groups is 1. The summed E-state index contributed by atoms with van der Waals surface area (Å²) in [5, 5.41) is 0. The molecule has 0 bridgehead atoms. The summed E-state index contributed by atoms with van der Waals surface area (Å²) in [5.74, 6) is -0.798. The molecule has 3 nitrogen and oxygen atoms in total. The van der Waals surface area contributed by atoms with Crippen molar-refractivity contribution in [2.24, 2.45) is 5.41 Å². The number of hydrogen-bond donors (Lipinski definition) is 0. The Hall–Kier alpha value is -1.45. The van der Waals surface area contributed by atoms with E-state index in [2.05, 4.69) is 18.8 Å². The first kappa shape index (κ1) is 14.0. The summed E-state index contributed by atoms with van der Waals surface area (Å²) in [6.07, 6.45) is 4.24. The molecule has 19 heavy (non-hydrogen) atoms. The first-order chi connectivity index (χ1) is 8.89. The average Bonchev–Trinajstić information content (AvgIpc) is 2.37. The monoisotopic (exact) mass is 264 g/mol. The van der Waals surface area contributed by atoms with Gasteiger partial charge < -0.3 is 4.90 Å². The quantitative estimate of drug-likeness (QED) is 0.768. The zero-order chi connectivity index (χ0) is 14.0. The van der Waals surface area contributed by atoms with Gasteiger partial charge in [0.2, 0.25) is 5.95 Å². The second kappa shape index (κ2) is 5.27. The Balaban J connectivity index is 2.04. The lowest BCUT2D eigenvalue weighted by atomic mass is 9.75. The number of hydrogen-bond acceptors (Lipinski definition) is 2. The van der Waals surface area contributed by atoms with E-state index in [1.807, 2.05) is 0 Å². The van der Waals surface area contributed by atoms with Gasteiger partial charge in [-0.05, 0) is 43.2 Å². The third-order valence-electron chi connectivity index (χ3n) is 4.11. The number of rotatable bonds is 2. The van der Waals surface area contributed by atoms with E-state index in [0.717, 1.165) is 25.7 Å². The van der Waals surface area contributed by atoms with E-state index < -0.39 is 5.95 Å². The lowest BCUT2D eigenvalue weighted by Crippen LogP contribution is -2.41. The number of pyridine rings is 1. The zero-order valence-corrected chi connectivity index (χ0v) is 11.8. The second-order valence-electron chi connectivity index (χ2n) is 6.16. The number of aromatic nitrogens is 1. The molecule has 0 aromatic carbocycles. The lowest BCUT2D eigenvalue weighted by Gasteiger charge is -2.38. The van der Waals surface area contributed by atoms with Crippen LogP contribution >= 0.6 is 0 Å². The fourth-order valence-electron chi connectivity index (χ4n) is 2.65. The Morgan fingerprint density at radius 2 is 2.00 bits per heavy atom. The van der Waals surface area contributed by atoms with Gasteiger partial charge in [0.05, 0.1) is 0 Å². The van der Waals surface area contributed by atoms with Gasteiger partial charge in [-0.3, -0.25) is 4.79 Å². The van der Waals surface area contributed by atoms with E-state index in [-0.39, 0.29) is 17.6 Å². The molecule has 104 valence electrons. The Morgan fingerprint density at radius 3 is 2.58 bits per heavy atom. The molecular weight excluding hydrogens is 243 g/mol. The van der Waals surface area contributed by atoms with Crippen LogP contribution in [0.2, 0.25) is 0 Å². The smallest absolute Gasteiger partial charge is 0.272 e. The van der Waals surface area contributed by atoms with Gasteiger partial charge in [-0.1, -0.05) is 19.9 Å². The fourth-order valence-corrected chi connectivity index (χ4v) is 2.65. The van der Waals surface area contributed by atoms with Gasteiger partial charge in [-0.25, -0.2) is 4.98 Å². The van der Waals surface area contributed by atoms with Crippen molar-refractivity contribution < 1.29 is 9.18 Å². The molecule has 1 heterocycles. The van der Waals surface area contributed by atoms with E-state index in [1.165, 1.54) is 12.1 Å². The van der Waals surface area contributed by atoms with E-state index in [1.54, 1.807) is 18.0 Å². The van der Waals surface area contributed by atoms with Crippen molar-refractivity contribution in [3.63, 3.8) is 0 Å². The van der Waals surface area contributed by atoms with Gasteiger partial charge in [0.15, 0.2) is 0 Å². The predicted octanol–water partition coefficient (Wildman–Crippen LogP) is 3.26. The molecule has 4 heteroatoms. The summed E-state index contributed by atoms with van der Waals surface area (Å²) in [7, 11) is 1.79. The van der Waals surface area contributed by atoms with Crippen LogP contribution in [-0.2, 0) is 0 Å². The van der Waals surface area contributed by atoms with E-state index in [4.69, 9.17) is 0 Å². The van der Waals surface area contributed by atoms with Crippen LogP contribution in [0, 0.1) is 11.4 Å². The van der Waals surface area contributed by atoms with Crippen LogP contribution in [0.15, 0.2) is 18.2 Å². The number of amides is 1. The molecule has 1 amide bonds. The maximum absolute atomic E-state index is 13.1. The highest BCUT2D eigenvalue weighted by molar-refractivity contribution is 5.92. The molecule has 0 N–H and O–H groups in total. The van der Waals surface area contributed by atoms with Gasteiger partial charge >= 0.3 is 0 Å². The van der Waals surface area contributed by atoms with Crippen LogP contribution in [-0.4, -0.2) is 28.9 Å². The molecule has 0 atom stereocenters. The van der Waals surface area contributed by atoms with Crippen molar-refractivity contribution in [2.45, 2.75) is 45.6 Å². The molecule has 2 rings (SSSR count). The van der Waals surface area contributed by atoms with Crippen LogP contribution in [0.3, 0.4) is 0 Å². The zero-order valence-electron chi connectivity index (χ0n) is 11.8. The molecule has 0 aliphatic heterocycles. The maximum Gasteiger partial charge on any atom is 0.272 e. The van der Waals surface area contributed by atoms with Crippen LogP contribution in [0.1, 0.15) is 50.0 Å². The normalized spacial score (nSPS) is 19.2. The minimum absolute atomic E-state index is 0.187. The molecule has 0 spiro atoms. The molecule has 0 radical (unpaired) electrons. The molecule has 0 unspecified atom stereocenters. The van der Waals surface area contributed by atoms with Crippen molar-refractivity contribution >= 4 is 5.91 Å². The Labute approximate surface area is 113 Å². The molecular formula is C15H21FN2O. The Morgan fingerprint density at radius 1 is 1.37 bits per heavy atom. The third kappa shape index (κ3) is 3.31. The Kier molecular flexibility index (Phi) is 3.88. The van der Waals surface area contributed by atoms with E-state index >= 15 is 0 Å². The van der Waals surface area contributed by atoms with Gasteiger partial charge in [0.1, 0.15) is 5.69 Å². The molecule has 1 fully saturated rings.